The van der Waals surface area contributed by atoms with Gasteiger partial charge in [-0.2, -0.15) is 18.3 Å². The molecule has 1 rings (SSSR count). The first kappa shape index (κ1) is 13.6. The lowest BCUT2D eigenvalue weighted by atomic mass is 10.2. The number of nitrogens with one attached hydrogen (secondary N) is 1. The van der Waals surface area contributed by atoms with E-state index in [4.69, 9.17) is 0 Å². The highest BCUT2D eigenvalue weighted by Gasteiger charge is 2.37. The van der Waals surface area contributed by atoms with Crippen LogP contribution < -0.4 is 0 Å². The molecule has 17 heavy (non-hydrogen) atoms. The summed E-state index contributed by atoms with van der Waals surface area (Å²) < 4.78 is 37.5. The van der Waals surface area contributed by atoms with E-state index in [1.54, 1.807) is 0 Å². The fraction of sp³-hybridized carbons (Fsp3) is 0.400. The number of carbonyl (C=O) groups is 1. The number of rotatable bonds is 1. The van der Waals surface area contributed by atoms with Crippen LogP contribution in [0.15, 0.2) is 0 Å². The zero-order valence-corrected chi connectivity index (χ0v) is 9.92. The van der Waals surface area contributed by atoms with Crippen molar-refractivity contribution in [3.8, 4) is 11.8 Å². The smallest absolute Gasteiger partial charge is 0.288 e. The average molecular weight is 262 g/mol. The fourth-order valence-corrected chi connectivity index (χ4v) is 1.40. The molecule has 3 nitrogen and oxygen atoms in total. The Morgan fingerprint density at radius 1 is 1.53 bits per heavy atom. The van der Waals surface area contributed by atoms with Gasteiger partial charge in [-0.25, -0.2) is 0 Å². The van der Waals surface area contributed by atoms with Gasteiger partial charge in [0.25, 0.3) is 0 Å². The van der Waals surface area contributed by atoms with E-state index in [1.807, 2.05) is 0 Å². The normalized spacial score (nSPS) is 10.9. The van der Waals surface area contributed by atoms with Crippen LogP contribution >= 0.6 is 11.8 Å². The standard InChI is InChI=1S/C10H9F3N2OS/c1-6-8(4-3-5-17-7(2)16)9(15-14-6)10(11,12)13/h5H2,1-2H3,(H,14,15). The molecule has 1 N–H and O–H groups in total. The summed E-state index contributed by atoms with van der Waals surface area (Å²) in [6.45, 7) is 2.83. The van der Waals surface area contributed by atoms with Crippen molar-refractivity contribution in [3.63, 3.8) is 0 Å². The second kappa shape index (κ2) is 5.27. The topological polar surface area (TPSA) is 45.8 Å². The Morgan fingerprint density at radius 3 is 2.71 bits per heavy atom. The number of halogens is 3. The number of H-pyrrole nitrogens is 1. The summed E-state index contributed by atoms with van der Waals surface area (Å²) in [5.74, 6) is 5.06. The number of hydrogen-bond acceptors (Lipinski definition) is 3. The van der Waals surface area contributed by atoms with Crippen LogP contribution in [-0.4, -0.2) is 21.1 Å². The number of alkyl halides is 3. The first-order valence-electron chi connectivity index (χ1n) is 4.56. The van der Waals surface area contributed by atoms with Gasteiger partial charge in [-0.15, -0.1) is 0 Å². The van der Waals surface area contributed by atoms with Crippen molar-refractivity contribution in [1.29, 1.82) is 0 Å². The number of aryl methyl sites for hydroxylation is 1. The molecule has 0 aliphatic rings. The molecule has 0 saturated heterocycles. The number of thioether (sulfide) groups is 1. The van der Waals surface area contributed by atoms with Crippen LogP contribution in [0.2, 0.25) is 0 Å². The molecule has 1 heterocycles. The molecule has 1 aromatic heterocycles. The van der Waals surface area contributed by atoms with E-state index < -0.39 is 11.9 Å². The van der Waals surface area contributed by atoms with Crippen molar-refractivity contribution in [2.24, 2.45) is 0 Å². The lowest BCUT2D eigenvalue weighted by Crippen LogP contribution is -2.07. The third kappa shape index (κ3) is 3.82. The molecule has 0 atom stereocenters. The molecule has 0 aliphatic carbocycles. The van der Waals surface area contributed by atoms with Gasteiger partial charge in [-0.1, -0.05) is 23.6 Å². The predicted molar refractivity (Wildman–Crippen MR) is 58.3 cm³/mol. The molecule has 0 unspecified atom stereocenters. The molecule has 92 valence electrons. The molecule has 0 saturated carbocycles. The highest BCUT2D eigenvalue weighted by atomic mass is 32.2. The quantitative estimate of drug-likeness (QED) is 0.790. The van der Waals surface area contributed by atoms with Crippen LogP contribution in [0.25, 0.3) is 0 Å². The number of carbonyl (C=O) groups excluding carboxylic acids is 1. The minimum atomic E-state index is -4.53. The molecule has 7 heteroatoms. The van der Waals surface area contributed by atoms with E-state index in [0.29, 0.717) is 0 Å². The van der Waals surface area contributed by atoms with Crippen LogP contribution in [-0.2, 0) is 11.0 Å². The number of aromatic nitrogens is 2. The van der Waals surface area contributed by atoms with Gasteiger partial charge in [0.1, 0.15) is 0 Å². The lowest BCUT2D eigenvalue weighted by Gasteiger charge is -2.01. The largest absolute Gasteiger partial charge is 0.436 e. The van der Waals surface area contributed by atoms with E-state index >= 15 is 0 Å². The van der Waals surface area contributed by atoms with Crippen LogP contribution in [0.1, 0.15) is 23.9 Å². The van der Waals surface area contributed by atoms with Crippen molar-refractivity contribution < 1.29 is 18.0 Å². The van der Waals surface area contributed by atoms with E-state index in [1.165, 1.54) is 13.8 Å². The minimum absolute atomic E-state index is 0.126. The number of hydrogen-bond donors (Lipinski definition) is 1. The van der Waals surface area contributed by atoms with Gasteiger partial charge in [-0.3, -0.25) is 9.89 Å². The van der Waals surface area contributed by atoms with E-state index in [2.05, 4.69) is 22.0 Å². The second-order valence-corrected chi connectivity index (χ2v) is 4.30. The SMILES string of the molecule is CC(=O)SCC#Cc1c(C(F)(F)F)n[nH]c1C. The third-order valence-electron chi connectivity index (χ3n) is 1.78. The molecular weight excluding hydrogens is 253 g/mol. The Balaban J connectivity index is 2.90. The average Bonchev–Trinajstić information content (AvgIpc) is 2.54. The summed E-state index contributed by atoms with van der Waals surface area (Å²) in [5, 5.41) is 5.30. The van der Waals surface area contributed by atoms with Gasteiger partial charge in [0.2, 0.25) is 0 Å². The Bertz CT molecular complexity index is 482. The van der Waals surface area contributed by atoms with Crippen molar-refractivity contribution in [2.75, 3.05) is 5.75 Å². The van der Waals surface area contributed by atoms with Crippen LogP contribution in [0, 0.1) is 18.8 Å². The number of nitrogens with zero attached hydrogens (tertiary/aromatic N) is 1. The summed E-state index contributed by atoms with van der Waals surface area (Å²) in [7, 11) is 0. The van der Waals surface area contributed by atoms with Crippen LogP contribution in [0.5, 0.6) is 0 Å². The van der Waals surface area contributed by atoms with Gasteiger partial charge in [0.15, 0.2) is 10.8 Å². The van der Waals surface area contributed by atoms with Gasteiger partial charge in [-0.05, 0) is 6.92 Å². The molecule has 0 radical (unpaired) electrons. The van der Waals surface area contributed by atoms with E-state index in [0.717, 1.165) is 11.8 Å². The van der Waals surface area contributed by atoms with Gasteiger partial charge < -0.3 is 0 Å². The highest BCUT2D eigenvalue weighted by molar-refractivity contribution is 8.13. The van der Waals surface area contributed by atoms with Crippen molar-refractivity contribution >= 4 is 16.9 Å². The Labute approximate surface area is 100 Å². The Hall–Kier alpha value is -1.42. The van der Waals surface area contributed by atoms with Crippen molar-refractivity contribution in [3.05, 3.63) is 17.0 Å². The molecule has 0 bridgehead atoms. The second-order valence-electron chi connectivity index (χ2n) is 3.15. The zero-order chi connectivity index (χ0) is 13.1. The maximum absolute atomic E-state index is 12.5. The molecule has 0 aromatic carbocycles. The molecule has 1 aromatic rings. The summed E-state index contributed by atoms with van der Waals surface area (Å²) in [5.41, 5.74) is -0.922. The summed E-state index contributed by atoms with van der Waals surface area (Å²) in [6, 6.07) is 0. The maximum Gasteiger partial charge on any atom is 0.436 e. The Kier molecular flexibility index (Phi) is 4.23. The molecule has 0 fully saturated rings. The summed E-state index contributed by atoms with van der Waals surface area (Å²) in [4.78, 5) is 10.6. The maximum atomic E-state index is 12.5. The first-order valence-corrected chi connectivity index (χ1v) is 5.55. The molecule has 0 amide bonds. The third-order valence-corrected chi connectivity index (χ3v) is 2.47. The first-order chi connectivity index (χ1) is 7.82. The van der Waals surface area contributed by atoms with Crippen molar-refractivity contribution in [2.45, 2.75) is 20.0 Å². The monoisotopic (exact) mass is 262 g/mol. The van der Waals surface area contributed by atoms with Gasteiger partial charge in [0.05, 0.1) is 11.3 Å². The molecule has 0 aliphatic heterocycles. The summed E-state index contributed by atoms with van der Waals surface area (Å²) >= 11 is 0.948. The lowest BCUT2D eigenvalue weighted by molar-refractivity contribution is -0.141. The van der Waals surface area contributed by atoms with E-state index in [-0.39, 0.29) is 22.1 Å². The van der Waals surface area contributed by atoms with Crippen LogP contribution in [0.4, 0.5) is 13.2 Å². The Morgan fingerprint density at radius 2 is 2.18 bits per heavy atom. The number of aromatic amines is 1. The zero-order valence-electron chi connectivity index (χ0n) is 9.10. The van der Waals surface area contributed by atoms with Crippen LogP contribution in [0.3, 0.4) is 0 Å². The van der Waals surface area contributed by atoms with Crippen molar-refractivity contribution in [1.82, 2.24) is 10.2 Å². The molecular formula is C10H9F3N2OS. The summed E-state index contributed by atoms with van der Waals surface area (Å²) in [6.07, 6.45) is -4.53. The van der Waals surface area contributed by atoms with Gasteiger partial charge >= 0.3 is 6.18 Å². The van der Waals surface area contributed by atoms with Gasteiger partial charge in [0, 0.05) is 12.6 Å². The minimum Gasteiger partial charge on any atom is -0.288 e. The highest BCUT2D eigenvalue weighted by Crippen LogP contribution is 2.30. The van der Waals surface area contributed by atoms with E-state index in [9.17, 15) is 18.0 Å². The predicted octanol–water partition coefficient (Wildman–Crippen LogP) is 2.37. The fourth-order valence-electron chi connectivity index (χ4n) is 1.05. The molecule has 0 spiro atoms.